The molecule has 1 saturated heterocycles. The van der Waals surface area contributed by atoms with Crippen molar-refractivity contribution in [3.05, 3.63) is 34.5 Å². The van der Waals surface area contributed by atoms with E-state index in [1.807, 2.05) is 11.5 Å². The lowest BCUT2D eigenvalue weighted by molar-refractivity contribution is -0.137. The van der Waals surface area contributed by atoms with Crippen LogP contribution in [0, 0.1) is 10.7 Å². The first kappa shape index (κ1) is 21.3. The molecule has 0 bridgehead atoms. The van der Waals surface area contributed by atoms with Crippen molar-refractivity contribution < 1.29 is 18.0 Å². The summed E-state index contributed by atoms with van der Waals surface area (Å²) in [6.07, 6.45) is -1.37. The molecule has 1 unspecified atom stereocenters. The molecule has 0 radical (unpaired) electrons. The standard InChI is InChI=1S/C18H23F3N6OS/c1-2-27-14(24-25-17(27)29)7-9-23-16(28)12-5-4-10-26(11-12)15-13(18(19,20)21)6-3-8-22-15/h3,6,8,12H,2,4-5,7,9-11H2,1H3,(H,23,28)(H,25,29). The van der Waals surface area contributed by atoms with E-state index in [1.165, 1.54) is 12.3 Å². The van der Waals surface area contributed by atoms with Gasteiger partial charge in [0.15, 0.2) is 4.77 Å². The van der Waals surface area contributed by atoms with E-state index in [0.717, 1.165) is 11.9 Å². The van der Waals surface area contributed by atoms with E-state index < -0.39 is 11.7 Å². The Labute approximate surface area is 171 Å². The quantitative estimate of drug-likeness (QED) is 0.692. The number of hydrogen-bond acceptors (Lipinski definition) is 5. The van der Waals surface area contributed by atoms with Crippen molar-refractivity contribution in [3.8, 4) is 0 Å². The fourth-order valence-electron chi connectivity index (χ4n) is 3.56. The molecule has 1 amide bonds. The van der Waals surface area contributed by atoms with E-state index in [2.05, 4.69) is 20.5 Å². The minimum absolute atomic E-state index is 0.115. The summed E-state index contributed by atoms with van der Waals surface area (Å²) < 4.78 is 42.2. The Hall–Kier alpha value is -2.43. The first-order chi connectivity index (χ1) is 13.8. The Morgan fingerprint density at radius 1 is 1.45 bits per heavy atom. The highest BCUT2D eigenvalue weighted by atomic mass is 32.1. The third-order valence-electron chi connectivity index (χ3n) is 4.99. The average Bonchev–Trinajstić information content (AvgIpc) is 3.06. The zero-order valence-corrected chi connectivity index (χ0v) is 16.8. The summed E-state index contributed by atoms with van der Waals surface area (Å²) in [4.78, 5) is 18.1. The molecule has 3 rings (SSSR count). The van der Waals surface area contributed by atoms with Crippen molar-refractivity contribution in [1.82, 2.24) is 25.1 Å². The molecule has 29 heavy (non-hydrogen) atoms. The summed E-state index contributed by atoms with van der Waals surface area (Å²) in [5, 5.41) is 9.75. The third-order valence-corrected chi connectivity index (χ3v) is 5.30. The number of amides is 1. The molecule has 11 heteroatoms. The van der Waals surface area contributed by atoms with Crippen molar-refractivity contribution in [2.75, 3.05) is 24.5 Å². The summed E-state index contributed by atoms with van der Waals surface area (Å²) in [6, 6.07) is 2.29. The van der Waals surface area contributed by atoms with Gasteiger partial charge in [-0.3, -0.25) is 9.89 Å². The van der Waals surface area contributed by atoms with Crippen LogP contribution in [0.3, 0.4) is 0 Å². The van der Waals surface area contributed by atoms with Gasteiger partial charge in [-0.1, -0.05) is 0 Å². The van der Waals surface area contributed by atoms with Crippen molar-refractivity contribution in [2.45, 2.75) is 38.9 Å². The molecule has 0 spiro atoms. The molecule has 1 aliphatic rings. The van der Waals surface area contributed by atoms with Crippen LogP contribution in [0.15, 0.2) is 18.3 Å². The first-order valence-electron chi connectivity index (χ1n) is 9.50. The van der Waals surface area contributed by atoms with Gasteiger partial charge >= 0.3 is 6.18 Å². The Balaban J connectivity index is 1.61. The molecule has 2 N–H and O–H groups in total. The minimum Gasteiger partial charge on any atom is -0.355 e. The fourth-order valence-corrected chi connectivity index (χ4v) is 3.84. The number of piperidine rings is 1. The van der Waals surface area contributed by atoms with E-state index >= 15 is 0 Å². The monoisotopic (exact) mass is 428 g/mol. The molecule has 158 valence electrons. The van der Waals surface area contributed by atoms with Crippen LogP contribution < -0.4 is 10.2 Å². The van der Waals surface area contributed by atoms with Gasteiger partial charge in [-0.05, 0) is 44.1 Å². The number of pyridine rings is 1. The highest BCUT2D eigenvalue weighted by Crippen LogP contribution is 2.36. The molecule has 3 heterocycles. The van der Waals surface area contributed by atoms with Crippen molar-refractivity contribution in [1.29, 1.82) is 0 Å². The zero-order valence-electron chi connectivity index (χ0n) is 16.0. The molecule has 7 nitrogen and oxygen atoms in total. The van der Waals surface area contributed by atoms with Gasteiger partial charge in [-0.25, -0.2) is 4.98 Å². The smallest absolute Gasteiger partial charge is 0.355 e. The summed E-state index contributed by atoms with van der Waals surface area (Å²) in [5.41, 5.74) is -0.775. The number of halogens is 3. The van der Waals surface area contributed by atoms with Crippen molar-refractivity contribution >= 4 is 23.9 Å². The normalized spacial score (nSPS) is 17.4. The Morgan fingerprint density at radius 3 is 2.97 bits per heavy atom. The predicted molar refractivity (Wildman–Crippen MR) is 104 cm³/mol. The van der Waals surface area contributed by atoms with Gasteiger partial charge in [0, 0.05) is 38.8 Å². The molecule has 0 saturated carbocycles. The van der Waals surface area contributed by atoms with Crippen molar-refractivity contribution in [2.24, 2.45) is 5.92 Å². The second-order valence-corrected chi connectivity index (χ2v) is 7.27. The van der Waals surface area contributed by atoms with Gasteiger partial charge in [-0.2, -0.15) is 18.3 Å². The van der Waals surface area contributed by atoms with Gasteiger partial charge < -0.3 is 14.8 Å². The van der Waals surface area contributed by atoms with E-state index in [9.17, 15) is 18.0 Å². The number of alkyl halides is 3. The van der Waals surface area contributed by atoms with Gasteiger partial charge in [0.1, 0.15) is 11.6 Å². The molecular weight excluding hydrogens is 405 g/mol. The Kier molecular flexibility index (Phi) is 6.56. The van der Waals surface area contributed by atoms with Crippen LogP contribution in [-0.4, -0.2) is 45.3 Å². The lowest BCUT2D eigenvalue weighted by Crippen LogP contribution is -2.44. The molecule has 0 aromatic carbocycles. The number of carbonyl (C=O) groups excluding carboxylic acids is 1. The molecule has 1 fully saturated rings. The summed E-state index contributed by atoms with van der Waals surface area (Å²) in [6.45, 7) is 3.67. The maximum Gasteiger partial charge on any atom is 0.419 e. The summed E-state index contributed by atoms with van der Waals surface area (Å²) in [5.74, 6) is 0.0811. The van der Waals surface area contributed by atoms with Gasteiger partial charge in [0.2, 0.25) is 5.91 Å². The first-order valence-corrected chi connectivity index (χ1v) is 9.91. The molecule has 2 aromatic rings. The van der Waals surface area contributed by atoms with E-state index in [-0.39, 0.29) is 24.2 Å². The largest absolute Gasteiger partial charge is 0.419 e. The molecule has 1 atom stereocenters. The van der Waals surface area contributed by atoms with Crippen LogP contribution in [0.1, 0.15) is 31.2 Å². The molecule has 1 aliphatic heterocycles. The number of rotatable bonds is 6. The van der Waals surface area contributed by atoms with Gasteiger partial charge in [-0.15, -0.1) is 0 Å². The van der Waals surface area contributed by atoms with E-state index in [1.54, 1.807) is 4.90 Å². The number of anilines is 1. The lowest BCUT2D eigenvalue weighted by atomic mass is 9.96. The van der Waals surface area contributed by atoms with Crippen LogP contribution >= 0.6 is 12.2 Å². The van der Waals surface area contributed by atoms with Crippen LogP contribution in [0.2, 0.25) is 0 Å². The highest BCUT2D eigenvalue weighted by Gasteiger charge is 2.37. The predicted octanol–water partition coefficient (Wildman–Crippen LogP) is 2.95. The number of nitrogens with one attached hydrogen (secondary N) is 2. The van der Waals surface area contributed by atoms with Crippen LogP contribution in [0.25, 0.3) is 0 Å². The topological polar surface area (TPSA) is 78.8 Å². The minimum atomic E-state index is -4.49. The number of nitrogens with zero attached hydrogens (tertiary/aromatic N) is 4. The average molecular weight is 428 g/mol. The second kappa shape index (κ2) is 8.93. The van der Waals surface area contributed by atoms with E-state index in [4.69, 9.17) is 12.2 Å². The SMILES string of the molecule is CCn1c(CCNC(=O)C2CCCN(c3ncccc3C(F)(F)F)C2)n[nH]c1=S. The third kappa shape index (κ3) is 4.95. The summed E-state index contributed by atoms with van der Waals surface area (Å²) in [7, 11) is 0. The van der Waals surface area contributed by atoms with Crippen molar-refractivity contribution in [3.63, 3.8) is 0 Å². The molecule has 0 aliphatic carbocycles. The zero-order chi connectivity index (χ0) is 21.0. The highest BCUT2D eigenvalue weighted by molar-refractivity contribution is 7.71. The van der Waals surface area contributed by atoms with E-state index in [0.29, 0.717) is 43.7 Å². The fraction of sp³-hybridized carbons (Fsp3) is 0.556. The molecule has 2 aromatic heterocycles. The number of carbonyl (C=O) groups is 1. The number of H-pyrrole nitrogens is 1. The maximum absolute atomic E-state index is 13.3. The maximum atomic E-state index is 13.3. The van der Waals surface area contributed by atoms with Crippen LogP contribution in [-0.2, 0) is 23.9 Å². The van der Waals surface area contributed by atoms with Gasteiger partial charge in [0.25, 0.3) is 0 Å². The van der Waals surface area contributed by atoms with Crippen LogP contribution in [0.4, 0.5) is 19.0 Å². The number of aromatic amines is 1. The Morgan fingerprint density at radius 2 is 2.24 bits per heavy atom. The second-order valence-electron chi connectivity index (χ2n) is 6.89. The lowest BCUT2D eigenvalue weighted by Gasteiger charge is -2.34. The summed E-state index contributed by atoms with van der Waals surface area (Å²) >= 11 is 5.14. The number of aromatic nitrogens is 4. The van der Waals surface area contributed by atoms with Crippen LogP contribution in [0.5, 0.6) is 0 Å². The number of hydrogen-bond donors (Lipinski definition) is 2. The van der Waals surface area contributed by atoms with Gasteiger partial charge in [0.05, 0.1) is 11.5 Å². The molecular formula is C18H23F3N6OS. The Bertz CT molecular complexity index is 909.